The van der Waals surface area contributed by atoms with Gasteiger partial charge in [-0.25, -0.2) is 4.98 Å². The van der Waals surface area contributed by atoms with Crippen molar-refractivity contribution >= 4 is 5.69 Å². The smallest absolute Gasteiger partial charge is 0.213 e. The number of aromatic nitrogens is 1. The van der Waals surface area contributed by atoms with Crippen LogP contribution in [0.2, 0.25) is 0 Å². The fraction of sp³-hybridized carbons (Fsp3) is 0.688. The van der Waals surface area contributed by atoms with E-state index in [1.54, 1.807) is 7.11 Å². The number of anilines is 1. The molecule has 0 aromatic carbocycles. The molecule has 1 aromatic rings. The van der Waals surface area contributed by atoms with E-state index in [9.17, 15) is 0 Å². The van der Waals surface area contributed by atoms with Gasteiger partial charge in [0.15, 0.2) is 0 Å². The van der Waals surface area contributed by atoms with Gasteiger partial charge in [0, 0.05) is 32.3 Å². The van der Waals surface area contributed by atoms with E-state index in [4.69, 9.17) is 9.47 Å². The Kier molecular flexibility index (Phi) is 6.76. The summed E-state index contributed by atoms with van der Waals surface area (Å²) in [6.07, 6.45) is 5.49. The van der Waals surface area contributed by atoms with Crippen LogP contribution in [0.25, 0.3) is 0 Å². The van der Waals surface area contributed by atoms with E-state index in [1.165, 1.54) is 38.9 Å². The first-order chi connectivity index (χ1) is 10.3. The zero-order valence-corrected chi connectivity index (χ0v) is 13.2. The molecule has 0 radical (unpaired) electrons. The average Bonchev–Trinajstić information content (AvgIpc) is 2.51. The van der Waals surface area contributed by atoms with Crippen LogP contribution in [0.15, 0.2) is 18.3 Å². The second-order valence-electron chi connectivity index (χ2n) is 5.49. The van der Waals surface area contributed by atoms with Crippen molar-refractivity contribution in [1.29, 1.82) is 0 Å². The summed E-state index contributed by atoms with van der Waals surface area (Å²) >= 11 is 0. The van der Waals surface area contributed by atoms with Gasteiger partial charge in [-0.2, -0.15) is 0 Å². The van der Waals surface area contributed by atoms with Crippen LogP contribution in [-0.4, -0.2) is 55.9 Å². The minimum absolute atomic E-state index is 0.534. The van der Waals surface area contributed by atoms with Crippen LogP contribution >= 0.6 is 0 Å². The summed E-state index contributed by atoms with van der Waals surface area (Å²) in [6, 6.07) is 4.50. The molecule has 1 saturated heterocycles. The Labute approximate surface area is 127 Å². The number of likely N-dealkylation sites (tertiary alicyclic amines) is 1. The van der Waals surface area contributed by atoms with E-state index in [0.717, 1.165) is 5.69 Å². The lowest BCUT2D eigenvalue weighted by molar-refractivity contribution is 0.144. The SMILES string of the molecule is CCCN1CCC(Nc2ccc(OCCOC)nc2)CC1. The molecule has 2 rings (SSSR count). The first-order valence-corrected chi connectivity index (χ1v) is 7.88. The third-order valence-electron chi connectivity index (χ3n) is 3.77. The Bertz CT molecular complexity index is 389. The fourth-order valence-corrected chi connectivity index (χ4v) is 2.63. The van der Waals surface area contributed by atoms with E-state index in [1.807, 2.05) is 18.3 Å². The third-order valence-corrected chi connectivity index (χ3v) is 3.77. The number of methoxy groups -OCH3 is 1. The lowest BCUT2D eigenvalue weighted by Crippen LogP contribution is -2.39. The maximum absolute atomic E-state index is 5.46. The number of ether oxygens (including phenoxy) is 2. The van der Waals surface area contributed by atoms with Crippen molar-refractivity contribution in [3.05, 3.63) is 18.3 Å². The van der Waals surface area contributed by atoms with Gasteiger partial charge in [-0.05, 0) is 31.9 Å². The van der Waals surface area contributed by atoms with Gasteiger partial charge in [-0.3, -0.25) is 0 Å². The second-order valence-corrected chi connectivity index (χ2v) is 5.49. The highest BCUT2D eigenvalue weighted by Gasteiger charge is 2.18. The van der Waals surface area contributed by atoms with Gasteiger partial charge >= 0.3 is 0 Å². The first-order valence-electron chi connectivity index (χ1n) is 7.88. The number of pyridine rings is 1. The zero-order valence-electron chi connectivity index (χ0n) is 13.2. The molecule has 0 spiro atoms. The van der Waals surface area contributed by atoms with E-state index in [-0.39, 0.29) is 0 Å². The van der Waals surface area contributed by atoms with Crippen molar-refractivity contribution in [2.24, 2.45) is 0 Å². The Morgan fingerprint density at radius 2 is 2.10 bits per heavy atom. The van der Waals surface area contributed by atoms with Gasteiger partial charge in [-0.15, -0.1) is 0 Å². The van der Waals surface area contributed by atoms with Crippen LogP contribution in [0.4, 0.5) is 5.69 Å². The topological polar surface area (TPSA) is 46.6 Å². The van der Waals surface area contributed by atoms with Crippen LogP contribution in [0.1, 0.15) is 26.2 Å². The predicted octanol–water partition coefficient (Wildman–Crippen LogP) is 2.39. The third kappa shape index (κ3) is 5.52. The highest BCUT2D eigenvalue weighted by atomic mass is 16.5. The summed E-state index contributed by atoms with van der Waals surface area (Å²) in [7, 11) is 1.66. The van der Waals surface area contributed by atoms with Crippen molar-refractivity contribution in [2.75, 3.05) is 45.3 Å². The quantitative estimate of drug-likeness (QED) is 0.746. The van der Waals surface area contributed by atoms with Crippen LogP contribution in [0.3, 0.4) is 0 Å². The van der Waals surface area contributed by atoms with Crippen molar-refractivity contribution in [2.45, 2.75) is 32.2 Å². The Morgan fingerprint density at radius 1 is 1.29 bits per heavy atom. The number of rotatable bonds is 8. The van der Waals surface area contributed by atoms with Crippen molar-refractivity contribution in [3.63, 3.8) is 0 Å². The standard InChI is InChI=1S/C16H27N3O2/c1-3-8-19-9-6-14(7-10-19)18-15-4-5-16(17-13-15)21-12-11-20-2/h4-5,13-14,18H,3,6-12H2,1-2H3. The number of nitrogens with one attached hydrogen (secondary N) is 1. The summed E-state index contributed by atoms with van der Waals surface area (Å²) in [4.78, 5) is 6.85. The van der Waals surface area contributed by atoms with Crippen LogP contribution < -0.4 is 10.1 Å². The first kappa shape index (κ1) is 16.0. The van der Waals surface area contributed by atoms with Crippen LogP contribution in [0, 0.1) is 0 Å². The molecule has 1 aromatic heterocycles. The summed E-state index contributed by atoms with van der Waals surface area (Å²) in [5, 5.41) is 3.57. The van der Waals surface area contributed by atoms with E-state index in [0.29, 0.717) is 25.1 Å². The Balaban J connectivity index is 1.73. The van der Waals surface area contributed by atoms with Gasteiger partial charge in [0.05, 0.1) is 18.5 Å². The highest BCUT2D eigenvalue weighted by molar-refractivity contribution is 5.43. The lowest BCUT2D eigenvalue weighted by Gasteiger charge is -2.32. The molecule has 0 aliphatic carbocycles. The van der Waals surface area contributed by atoms with Gasteiger partial charge in [0.1, 0.15) is 6.61 Å². The molecule has 1 fully saturated rings. The summed E-state index contributed by atoms with van der Waals surface area (Å²) in [5.41, 5.74) is 1.07. The average molecular weight is 293 g/mol. The minimum Gasteiger partial charge on any atom is -0.475 e. The molecule has 2 heterocycles. The van der Waals surface area contributed by atoms with Gasteiger partial charge in [-0.1, -0.05) is 6.92 Å². The van der Waals surface area contributed by atoms with Crippen LogP contribution in [0.5, 0.6) is 5.88 Å². The van der Waals surface area contributed by atoms with Crippen molar-refractivity contribution in [1.82, 2.24) is 9.88 Å². The molecule has 0 saturated carbocycles. The maximum Gasteiger partial charge on any atom is 0.213 e. The van der Waals surface area contributed by atoms with Crippen molar-refractivity contribution in [3.8, 4) is 5.88 Å². The number of hydrogen-bond acceptors (Lipinski definition) is 5. The molecule has 0 bridgehead atoms. The zero-order chi connectivity index (χ0) is 14.9. The molecule has 21 heavy (non-hydrogen) atoms. The molecular formula is C16H27N3O2. The fourth-order valence-electron chi connectivity index (χ4n) is 2.63. The summed E-state index contributed by atoms with van der Waals surface area (Å²) in [6.45, 7) is 6.96. The Morgan fingerprint density at radius 3 is 2.71 bits per heavy atom. The molecule has 5 nitrogen and oxygen atoms in total. The van der Waals surface area contributed by atoms with Crippen LogP contribution in [-0.2, 0) is 4.74 Å². The van der Waals surface area contributed by atoms with E-state index < -0.39 is 0 Å². The highest BCUT2D eigenvalue weighted by Crippen LogP contribution is 2.18. The molecule has 0 atom stereocenters. The molecule has 118 valence electrons. The van der Waals surface area contributed by atoms with Gasteiger partial charge in [0.25, 0.3) is 0 Å². The molecule has 1 aliphatic rings. The minimum atomic E-state index is 0.534. The maximum atomic E-state index is 5.46. The normalized spacial score (nSPS) is 16.9. The number of nitrogens with zero attached hydrogens (tertiary/aromatic N) is 2. The molecular weight excluding hydrogens is 266 g/mol. The van der Waals surface area contributed by atoms with E-state index in [2.05, 4.69) is 22.1 Å². The molecule has 0 amide bonds. The molecule has 5 heteroatoms. The lowest BCUT2D eigenvalue weighted by atomic mass is 10.0. The summed E-state index contributed by atoms with van der Waals surface area (Å²) in [5.74, 6) is 0.648. The number of hydrogen-bond donors (Lipinski definition) is 1. The second kappa shape index (κ2) is 8.85. The summed E-state index contributed by atoms with van der Waals surface area (Å²) < 4.78 is 10.4. The number of piperidine rings is 1. The molecule has 0 unspecified atom stereocenters. The van der Waals surface area contributed by atoms with Crippen molar-refractivity contribution < 1.29 is 9.47 Å². The van der Waals surface area contributed by atoms with E-state index >= 15 is 0 Å². The van der Waals surface area contributed by atoms with Gasteiger partial charge in [0.2, 0.25) is 5.88 Å². The Hall–Kier alpha value is -1.33. The molecule has 1 N–H and O–H groups in total. The monoisotopic (exact) mass is 293 g/mol. The van der Waals surface area contributed by atoms with Gasteiger partial charge < -0.3 is 19.7 Å². The largest absolute Gasteiger partial charge is 0.475 e. The predicted molar refractivity (Wildman–Crippen MR) is 85.0 cm³/mol. The molecule has 1 aliphatic heterocycles.